The molecule has 3 rings (SSSR count). The lowest BCUT2D eigenvalue weighted by atomic mass is 10.0. The van der Waals surface area contributed by atoms with Crippen LogP contribution in [-0.4, -0.2) is 65.2 Å². The van der Waals surface area contributed by atoms with Gasteiger partial charge in [-0.2, -0.15) is 0 Å². The number of likely N-dealkylation sites (tertiary alicyclic amines) is 1. The van der Waals surface area contributed by atoms with Crippen LogP contribution < -0.4 is 14.8 Å². The Labute approximate surface area is 187 Å². The number of amides is 2. The number of aromatic nitrogens is 1. The fraction of sp³-hybridized carbons (Fsp3) is 0.522. The topological polar surface area (TPSA) is 110 Å². The first kappa shape index (κ1) is 23.4. The van der Waals surface area contributed by atoms with Crippen LogP contribution in [0.3, 0.4) is 0 Å². The second-order valence-corrected chi connectivity index (χ2v) is 8.53. The molecule has 174 valence electrons. The number of methoxy groups -OCH3 is 2. The monoisotopic (exact) mass is 445 g/mol. The number of carboxylic acids is 1. The van der Waals surface area contributed by atoms with E-state index >= 15 is 0 Å². The molecular formula is C23H31N3O6. The number of fused-ring (bicyclic) bond motifs is 1. The van der Waals surface area contributed by atoms with Gasteiger partial charge in [-0.15, -0.1) is 0 Å². The lowest BCUT2D eigenvalue weighted by Crippen LogP contribution is -2.52. The molecule has 2 unspecified atom stereocenters. The van der Waals surface area contributed by atoms with Crippen LogP contribution >= 0.6 is 0 Å². The van der Waals surface area contributed by atoms with E-state index in [1.807, 2.05) is 19.9 Å². The van der Waals surface area contributed by atoms with Crippen molar-refractivity contribution in [1.29, 1.82) is 0 Å². The van der Waals surface area contributed by atoms with Crippen LogP contribution in [0.4, 0.5) is 0 Å². The van der Waals surface area contributed by atoms with E-state index in [2.05, 4.69) is 5.32 Å². The minimum atomic E-state index is -1.01. The van der Waals surface area contributed by atoms with Crippen molar-refractivity contribution >= 4 is 28.7 Å². The van der Waals surface area contributed by atoms with Crippen molar-refractivity contribution in [3.8, 4) is 11.5 Å². The van der Waals surface area contributed by atoms with Crippen LogP contribution in [0.25, 0.3) is 10.9 Å². The molecule has 32 heavy (non-hydrogen) atoms. The molecule has 1 aliphatic heterocycles. The molecule has 9 nitrogen and oxygen atoms in total. The van der Waals surface area contributed by atoms with Gasteiger partial charge in [-0.1, -0.05) is 13.8 Å². The number of aryl methyl sites for hydroxylation is 1. The third-order valence-corrected chi connectivity index (χ3v) is 5.92. The molecule has 1 aromatic carbocycles. The highest BCUT2D eigenvalue weighted by Crippen LogP contribution is 2.33. The number of aliphatic carboxylic acids is 1. The van der Waals surface area contributed by atoms with Crippen LogP contribution in [0.1, 0.15) is 43.6 Å². The number of nitrogens with one attached hydrogen (secondary N) is 1. The molecule has 1 fully saturated rings. The van der Waals surface area contributed by atoms with E-state index in [4.69, 9.17) is 9.47 Å². The summed E-state index contributed by atoms with van der Waals surface area (Å²) in [5.41, 5.74) is 1.12. The van der Waals surface area contributed by atoms with Gasteiger partial charge >= 0.3 is 5.97 Å². The highest BCUT2D eigenvalue weighted by atomic mass is 16.5. The minimum absolute atomic E-state index is 0.131. The summed E-state index contributed by atoms with van der Waals surface area (Å²) in [7, 11) is 4.87. The van der Waals surface area contributed by atoms with Gasteiger partial charge in [0.15, 0.2) is 0 Å². The van der Waals surface area contributed by atoms with Crippen molar-refractivity contribution in [3.05, 3.63) is 23.9 Å². The van der Waals surface area contributed by atoms with Crippen molar-refractivity contribution in [2.75, 3.05) is 20.8 Å². The number of benzene rings is 1. The number of rotatable bonds is 8. The SMILES string of the molecule is COc1cc(OC)c2cc(C(=O)NC(CC(C)C)C(=O)N3CCCC3C(=O)O)n(C)c2c1. The summed E-state index contributed by atoms with van der Waals surface area (Å²) in [5, 5.41) is 13.1. The van der Waals surface area contributed by atoms with Gasteiger partial charge in [0.2, 0.25) is 5.91 Å². The van der Waals surface area contributed by atoms with Crippen LogP contribution in [0.5, 0.6) is 11.5 Å². The molecule has 2 N–H and O–H groups in total. The molecule has 2 atom stereocenters. The Morgan fingerprint density at radius 2 is 1.91 bits per heavy atom. The fourth-order valence-electron chi connectivity index (χ4n) is 4.29. The van der Waals surface area contributed by atoms with Gasteiger partial charge in [-0.25, -0.2) is 4.79 Å². The van der Waals surface area contributed by atoms with Crippen molar-refractivity contribution in [2.24, 2.45) is 13.0 Å². The molecule has 0 aliphatic carbocycles. The maximum Gasteiger partial charge on any atom is 0.326 e. The highest BCUT2D eigenvalue weighted by Gasteiger charge is 2.38. The zero-order valence-corrected chi connectivity index (χ0v) is 19.2. The summed E-state index contributed by atoms with van der Waals surface area (Å²) in [4.78, 5) is 39.4. The number of carbonyl (C=O) groups excluding carboxylic acids is 2. The van der Waals surface area contributed by atoms with Crippen molar-refractivity contribution < 1.29 is 29.0 Å². The normalized spacial score (nSPS) is 16.9. The van der Waals surface area contributed by atoms with Gasteiger partial charge < -0.3 is 29.4 Å². The average molecular weight is 446 g/mol. The Kier molecular flexibility index (Phi) is 6.96. The predicted molar refractivity (Wildman–Crippen MR) is 119 cm³/mol. The third kappa shape index (κ3) is 4.51. The summed E-state index contributed by atoms with van der Waals surface area (Å²) in [6.07, 6.45) is 1.47. The second-order valence-electron chi connectivity index (χ2n) is 8.53. The average Bonchev–Trinajstić information content (AvgIpc) is 3.37. The minimum Gasteiger partial charge on any atom is -0.497 e. The number of hydrogen-bond acceptors (Lipinski definition) is 5. The molecular weight excluding hydrogens is 414 g/mol. The molecule has 2 heterocycles. The van der Waals surface area contributed by atoms with Crippen molar-refractivity contribution in [3.63, 3.8) is 0 Å². The molecule has 0 radical (unpaired) electrons. The first-order valence-electron chi connectivity index (χ1n) is 10.7. The first-order chi connectivity index (χ1) is 15.2. The standard InChI is InChI=1S/C23H31N3O6/c1-13(2)9-16(22(28)26-8-6-7-17(26)23(29)30)24-21(27)19-12-15-18(25(19)3)10-14(31-4)11-20(15)32-5/h10-13,16-17H,6-9H2,1-5H3,(H,24,27)(H,29,30). The van der Waals surface area contributed by atoms with Gasteiger partial charge in [-0.05, 0) is 31.2 Å². The predicted octanol–water partition coefficient (Wildman–Crippen LogP) is 2.42. The van der Waals surface area contributed by atoms with Gasteiger partial charge in [0, 0.05) is 31.1 Å². The van der Waals surface area contributed by atoms with Crippen LogP contribution in [0.2, 0.25) is 0 Å². The zero-order valence-electron chi connectivity index (χ0n) is 19.2. The van der Waals surface area contributed by atoms with Gasteiger partial charge in [0.05, 0.1) is 19.7 Å². The fourth-order valence-corrected chi connectivity index (χ4v) is 4.29. The van der Waals surface area contributed by atoms with Gasteiger partial charge in [-0.3, -0.25) is 9.59 Å². The Balaban J connectivity index is 1.91. The van der Waals surface area contributed by atoms with Gasteiger partial charge in [0.25, 0.3) is 5.91 Å². The number of nitrogens with zero attached hydrogens (tertiary/aromatic N) is 2. The van der Waals surface area contributed by atoms with Crippen LogP contribution in [-0.2, 0) is 16.6 Å². The Morgan fingerprint density at radius 3 is 2.50 bits per heavy atom. The van der Waals surface area contributed by atoms with E-state index in [-0.39, 0.29) is 11.8 Å². The molecule has 2 amide bonds. The maximum absolute atomic E-state index is 13.2. The summed E-state index contributed by atoms with van der Waals surface area (Å²) in [6, 6.07) is 3.62. The smallest absolute Gasteiger partial charge is 0.326 e. The molecule has 0 spiro atoms. The molecule has 1 aliphatic rings. The molecule has 1 saturated heterocycles. The number of ether oxygens (including phenoxy) is 2. The molecule has 1 aromatic heterocycles. The Hall–Kier alpha value is -3.23. The molecule has 0 saturated carbocycles. The maximum atomic E-state index is 13.2. The largest absolute Gasteiger partial charge is 0.497 e. The summed E-state index contributed by atoms with van der Waals surface area (Å²) in [5.74, 6) is -0.466. The number of hydrogen-bond donors (Lipinski definition) is 2. The summed E-state index contributed by atoms with van der Waals surface area (Å²) >= 11 is 0. The van der Waals surface area contributed by atoms with E-state index in [9.17, 15) is 19.5 Å². The van der Waals surface area contributed by atoms with E-state index in [1.165, 1.54) is 4.90 Å². The first-order valence-corrected chi connectivity index (χ1v) is 10.7. The Morgan fingerprint density at radius 1 is 1.19 bits per heavy atom. The lowest BCUT2D eigenvalue weighted by Gasteiger charge is -2.28. The van der Waals surface area contributed by atoms with E-state index < -0.39 is 24.0 Å². The number of carbonyl (C=O) groups is 3. The van der Waals surface area contributed by atoms with Crippen LogP contribution in [0.15, 0.2) is 18.2 Å². The second kappa shape index (κ2) is 9.50. The highest BCUT2D eigenvalue weighted by molar-refractivity contribution is 6.02. The Bertz CT molecular complexity index is 1030. The molecule has 9 heteroatoms. The van der Waals surface area contributed by atoms with Gasteiger partial charge in [0.1, 0.15) is 29.3 Å². The molecule has 0 bridgehead atoms. The number of carboxylic acid groups (broad SMARTS) is 1. The van der Waals surface area contributed by atoms with E-state index in [0.29, 0.717) is 43.0 Å². The quantitative estimate of drug-likeness (QED) is 0.646. The van der Waals surface area contributed by atoms with E-state index in [0.717, 1.165) is 10.9 Å². The van der Waals surface area contributed by atoms with E-state index in [1.54, 1.807) is 38.0 Å². The summed E-state index contributed by atoms with van der Waals surface area (Å²) in [6.45, 7) is 4.30. The summed E-state index contributed by atoms with van der Waals surface area (Å²) < 4.78 is 12.5. The zero-order chi connectivity index (χ0) is 23.6. The lowest BCUT2D eigenvalue weighted by molar-refractivity contribution is -0.149. The van der Waals surface area contributed by atoms with Crippen molar-refractivity contribution in [2.45, 2.75) is 45.2 Å². The molecule has 2 aromatic rings. The third-order valence-electron chi connectivity index (χ3n) is 5.92. The van der Waals surface area contributed by atoms with Crippen molar-refractivity contribution in [1.82, 2.24) is 14.8 Å². The van der Waals surface area contributed by atoms with Crippen LogP contribution in [0, 0.1) is 5.92 Å².